The second-order valence-electron chi connectivity index (χ2n) is 5.83. The number of fused-ring (bicyclic) bond motifs is 1. The van der Waals surface area contributed by atoms with Gasteiger partial charge in [-0.2, -0.15) is 0 Å². The van der Waals surface area contributed by atoms with Crippen LogP contribution in [0.4, 0.5) is 0 Å². The molecule has 0 radical (unpaired) electrons. The molecule has 0 spiro atoms. The fraction of sp³-hybridized carbons (Fsp3) is 1.00. The Bertz CT molecular complexity index is 181. The van der Waals surface area contributed by atoms with Crippen LogP contribution in [0.25, 0.3) is 0 Å². The molecule has 1 saturated carbocycles. The van der Waals surface area contributed by atoms with E-state index < -0.39 is 0 Å². The van der Waals surface area contributed by atoms with E-state index in [0.29, 0.717) is 11.6 Å². The fourth-order valence-corrected chi connectivity index (χ4v) is 2.89. The van der Waals surface area contributed by atoms with Gasteiger partial charge in [0.25, 0.3) is 0 Å². The van der Waals surface area contributed by atoms with E-state index >= 15 is 0 Å². The molecule has 2 unspecified atom stereocenters. The zero-order valence-corrected chi connectivity index (χ0v) is 9.09. The van der Waals surface area contributed by atoms with Crippen LogP contribution in [-0.2, 0) is 0 Å². The van der Waals surface area contributed by atoms with Crippen molar-refractivity contribution >= 4 is 0 Å². The van der Waals surface area contributed by atoms with E-state index in [4.69, 9.17) is 5.73 Å². The Balaban J connectivity index is 1.98. The molecule has 1 heterocycles. The number of hydrogen-bond acceptors (Lipinski definition) is 2. The third-order valence-corrected chi connectivity index (χ3v) is 3.74. The second kappa shape index (κ2) is 2.96. The number of likely N-dealkylation sites (tertiary alicyclic amines) is 1. The largest absolute Gasteiger partial charge is 0.328 e. The van der Waals surface area contributed by atoms with E-state index in [0.717, 1.165) is 11.8 Å². The van der Waals surface area contributed by atoms with Crippen LogP contribution >= 0.6 is 0 Å². The quantitative estimate of drug-likeness (QED) is 0.614. The molecule has 2 rings (SSSR count). The van der Waals surface area contributed by atoms with Gasteiger partial charge in [-0.25, -0.2) is 0 Å². The first-order valence-corrected chi connectivity index (χ1v) is 5.47. The molecule has 13 heavy (non-hydrogen) atoms. The van der Waals surface area contributed by atoms with E-state index in [9.17, 15) is 0 Å². The highest BCUT2D eigenvalue weighted by molar-refractivity contribution is 4.96. The van der Waals surface area contributed by atoms with Crippen LogP contribution in [0.5, 0.6) is 0 Å². The predicted molar refractivity (Wildman–Crippen MR) is 55.5 cm³/mol. The highest BCUT2D eigenvalue weighted by atomic mass is 15.2. The summed E-state index contributed by atoms with van der Waals surface area (Å²) in [5.41, 5.74) is 6.32. The molecular weight excluding hydrogens is 160 g/mol. The van der Waals surface area contributed by atoms with Gasteiger partial charge >= 0.3 is 0 Å². The van der Waals surface area contributed by atoms with Crippen LogP contribution in [0.2, 0.25) is 0 Å². The Hall–Kier alpha value is -0.0800. The number of nitrogens with zero attached hydrogens (tertiary/aromatic N) is 1. The van der Waals surface area contributed by atoms with Gasteiger partial charge in [0.1, 0.15) is 0 Å². The van der Waals surface area contributed by atoms with Gasteiger partial charge in [0.05, 0.1) is 0 Å². The maximum atomic E-state index is 5.96. The molecule has 76 valence electrons. The average Bonchev–Trinajstić information content (AvgIpc) is 2.40. The van der Waals surface area contributed by atoms with E-state index in [1.165, 1.54) is 25.9 Å². The summed E-state index contributed by atoms with van der Waals surface area (Å²) in [6, 6.07) is 0.497. The molecule has 0 aromatic rings. The highest BCUT2D eigenvalue weighted by Crippen LogP contribution is 2.39. The average molecular weight is 182 g/mol. The van der Waals surface area contributed by atoms with E-state index in [1.54, 1.807) is 0 Å². The normalized spacial score (nSPS) is 41.1. The lowest BCUT2D eigenvalue weighted by Crippen LogP contribution is -2.40. The van der Waals surface area contributed by atoms with Gasteiger partial charge < -0.3 is 5.73 Å². The van der Waals surface area contributed by atoms with Gasteiger partial charge in [0, 0.05) is 24.7 Å². The molecule has 1 saturated heterocycles. The fourth-order valence-electron chi connectivity index (χ4n) is 2.89. The van der Waals surface area contributed by atoms with Crippen LogP contribution in [0, 0.1) is 11.8 Å². The van der Waals surface area contributed by atoms with Gasteiger partial charge in [-0.1, -0.05) is 0 Å². The molecule has 0 amide bonds. The third-order valence-electron chi connectivity index (χ3n) is 3.74. The molecule has 2 N–H and O–H groups in total. The van der Waals surface area contributed by atoms with E-state index in [2.05, 4.69) is 25.7 Å². The molecule has 2 heteroatoms. The molecule has 0 bridgehead atoms. The summed E-state index contributed by atoms with van der Waals surface area (Å²) in [7, 11) is 0. The Labute approximate surface area is 81.5 Å². The van der Waals surface area contributed by atoms with Gasteiger partial charge in [-0.05, 0) is 45.4 Å². The van der Waals surface area contributed by atoms with Crippen LogP contribution in [0.3, 0.4) is 0 Å². The SMILES string of the molecule is CC(C)(C)N1CC2CC(N)C[C@H]2C1. The Morgan fingerprint density at radius 2 is 1.54 bits per heavy atom. The first-order chi connectivity index (χ1) is 5.97. The standard InChI is InChI=1S/C11H22N2/c1-11(2,3)13-6-8-4-10(12)5-9(8)7-13/h8-10H,4-7,12H2,1-3H3/t8-,9?,10?/m0/s1. The van der Waals surface area contributed by atoms with Crippen molar-refractivity contribution in [1.82, 2.24) is 4.90 Å². The first kappa shape index (κ1) is 9.47. The maximum Gasteiger partial charge on any atom is 0.0125 e. The minimum absolute atomic E-state index is 0.356. The van der Waals surface area contributed by atoms with E-state index in [-0.39, 0.29) is 0 Å². The number of rotatable bonds is 0. The monoisotopic (exact) mass is 182 g/mol. The van der Waals surface area contributed by atoms with Crippen molar-refractivity contribution in [1.29, 1.82) is 0 Å². The summed E-state index contributed by atoms with van der Waals surface area (Å²) < 4.78 is 0. The smallest absolute Gasteiger partial charge is 0.0125 e. The Kier molecular flexibility index (Phi) is 2.16. The molecule has 0 aromatic heterocycles. The zero-order valence-electron chi connectivity index (χ0n) is 9.09. The van der Waals surface area contributed by atoms with Crippen molar-refractivity contribution in [2.45, 2.75) is 45.2 Å². The Morgan fingerprint density at radius 3 is 1.92 bits per heavy atom. The van der Waals surface area contributed by atoms with Gasteiger partial charge in [0.2, 0.25) is 0 Å². The summed E-state index contributed by atoms with van der Waals surface area (Å²) in [4.78, 5) is 2.62. The van der Waals surface area contributed by atoms with Crippen molar-refractivity contribution in [3.05, 3.63) is 0 Å². The van der Waals surface area contributed by atoms with Gasteiger partial charge in [0.15, 0.2) is 0 Å². The van der Waals surface area contributed by atoms with Crippen molar-refractivity contribution in [2.24, 2.45) is 17.6 Å². The summed E-state index contributed by atoms with van der Waals surface area (Å²) in [5.74, 6) is 1.79. The van der Waals surface area contributed by atoms with Crippen LogP contribution < -0.4 is 5.73 Å². The lowest BCUT2D eigenvalue weighted by atomic mass is 10.0. The van der Waals surface area contributed by atoms with Crippen molar-refractivity contribution < 1.29 is 0 Å². The molecule has 0 aromatic carbocycles. The molecule has 2 aliphatic rings. The summed E-state index contributed by atoms with van der Waals surface area (Å²) in [6.45, 7) is 9.50. The number of nitrogens with two attached hydrogens (primary N) is 1. The van der Waals surface area contributed by atoms with Gasteiger partial charge in [-0.15, -0.1) is 0 Å². The van der Waals surface area contributed by atoms with Crippen molar-refractivity contribution in [2.75, 3.05) is 13.1 Å². The van der Waals surface area contributed by atoms with Crippen molar-refractivity contribution in [3.63, 3.8) is 0 Å². The second-order valence-corrected chi connectivity index (χ2v) is 5.83. The molecular formula is C11H22N2. The predicted octanol–water partition coefficient (Wildman–Crippen LogP) is 1.45. The summed E-state index contributed by atoms with van der Waals surface area (Å²) >= 11 is 0. The topological polar surface area (TPSA) is 29.3 Å². The summed E-state index contributed by atoms with van der Waals surface area (Å²) in [6.07, 6.45) is 2.52. The summed E-state index contributed by atoms with van der Waals surface area (Å²) in [5, 5.41) is 0. The minimum Gasteiger partial charge on any atom is -0.328 e. The molecule has 1 aliphatic carbocycles. The minimum atomic E-state index is 0.356. The van der Waals surface area contributed by atoms with Crippen LogP contribution in [-0.4, -0.2) is 29.6 Å². The first-order valence-electron chi connectivity index (χ1n) is 5.47. The Morgan fingerprint density at radius 1 is 1.08 bits per heavy atom. The van der Waals surface area contributed by atoms with Crippen LogP contribution in [0.15, 0.2) is 0 Å². The van der Waals surface area contributed by atoms with Gasteiger partial charge in [-0.3, -0.25) is 4.90 Å². The van der Waals surface area contributed by atoms with E-state index in [1.807, 2.05) is 0 Å². The maximum absolute atomic E-state index is 5.96. The lowest BCUT2D eigenvalue weighted by molar-refractivity contribution is 0.159. The van der Waals surface area contributed by atoms with Crippen LogP contribution in [0.1, 0.15) is 33.6 Å². The lowest BCUT2D eigenvalue weighted by Gasteiger charge is -2.32. The van der Waals surface area contributed by atoms with Crippen molar-refractivity contribution in [3.8, 4) is 0 Å². The molecule has 3 atom stereocenters. The molecule has 2 nitrogen and oxygen atoms in total. The molecule has 1 aliphatic heterocycles. The third kappa shape index (κ3) is 1.75. The molecule has 2 fully saturated rings. The number of hydrogen-bond donors (Lipinski definition) is 1. The highest BCUT2D eigenvalue weighted by Gasteiger charge is 2.42. The zero-order chi connectivity index (χ0) is 9.64.